The van der Waals surface area contributed by atoms with Gasteiger partial charge < -0.3 is 14.6 Å². The Balaban J connectivity index is 1.76. The van der Waals surface area contributed by atoms with Gasteiger partial charge in [-0.2, -0.15) is 0 Å². The average molecular weight is 251 g/mol. The van der Waals surface area contributed by atoms with Crippen molar-refractivity contribution in [2.45, 2.75) is 26.4 Å². The fourth-order valence-electron chi connectivity index (χ4n) is 2.22. The fourth-order valence-corrected chi connectivity index (χ4v) is 2.22. The van der Waals surface area contributed by atoms with E-state index in [0.717, 1.165) is 63.8 Å². The summed E-state index contributed by atoms with van der Waals surface area (Å²) in [5, 5.41) is 3.36. The first-order valence-corrected chi connectivity index (χ1v) is 6.97. The lowest BCUT2D eigenvalue weighted by molar-refractivity contribution is 0.139. The Bertz CT molecular complexity index is 343. The molecule has 4 nitrogen and oxygen atoms in total. The highest BCUT2D eigenvalue weighted by Crippen LogP contribution is 2.12. The predicted octanol–water partition coefficient (Wildman–Crippen LogP) is 1.53. The molecule has 0 bridgehead atoms. The summed E-state index contributed by atoms with van der Waals surface area (Å²) >= 11 is 0. The third kappa shape index (κ3) is 4.12. The molecule has 0 atom stereocenters. The van der Waals surface area contributed by atoms with Gasteiger partial charge in [-0.25, -0.2) is 0 Å². The highest BCUT2D eigenvalue weighted by molar-refractivity contribution is 5.07. The van der Waals surface area contributed by atoms with E-state index in [4.69, 9.17) is 4.42 Å². The van der Waals surface area contributed by atoms with Gasteiger partial charge in [0.2, 0.25) is 0 Å². The average Bonchev–Trinajstić information content (AvgIpc) is 2.80. The molecule has 0 aliphatic carbocycles. The number of likely N-dealkylation sites (N-methyl/N-ethyl adjacent to an activating group) is 1. The van der Waals surface area contributed by atoms with Gasteiger partial charge in [0, 0.05) is 26.2 Å². The molecule has 1 fully saturated rings. The number of hydrogen-bond donors (Lipinski definition) is 1. The van der Waals surface area contributed by atoms with Gasteiger partial charge in [0.15, 0.2) is 0 Å². The van der Waals surface area contributed by atoms with Crippen LogP contribution in [0.3, 0.4) is 0 Å². The number of rotatable bonds is 6. The number of nitrogens with zero attached hydrogens (tertiary/aromatic N) is 2. The van der Waals surface area contributed by atoms with Crippen molar-refractivity contribution in [1.29, 1.82) is 0 Å². The molecule has 0 saturated carbocycles. The molecule has 1 N–H and O–H groups in total. The quantitative estimate of drug-likeness (QED) is 0.777. The van der Waals surface area contributed by atoms with Gasteiger partial charge >= 0.3 is 0 Å². The van der Waals surface area contributed by atoms with E-state index in [2.05, 4.69) is 41.2 Å². The molecule has 0 amide bonds. The summed E-state index contributed by atoms with van der Waals surface area (Å²) in [6, 6.07) is 4.20. The highest BCUT2D eigenvalue weighted by atomic mass is 16.3. The zero-order valence-corrected chi connectivity index (χ0v) is 11.6. The smallest absolute Gasteiger partial charge is 0.118 e. The van der Waals surface area contributed by atoms with E-state index in [1.54, 1.807) is 0 Å². The van der Waals surface area contributed by atoms with E-state index in [9.17, 15) is 0 Å². The lowest BCUT2D eigenvalue weighted by atomic mass is 10.3. The topological polar surface area (TPSA) is 31.6 Å². The van der Waals surface area contributed by atoms with Crippen molar-refractivity contribution >= 4 is 0 Å². The van der Waals surface area contributed by atoms with Gasteiger partial charge in [0.1, 0.15) is 11.5 Å². The lowest BCUT2D eigenvalue weighted by Gasteiger charge is -2.31. The predicted molar refractivity (Wildman–Crippen MR) is 73.5 cm³/mol. The molecular formula is C14H25N3O. The number of hydrogen-bond acceptors (Lipinski definition) is 4. The van der Waals surface area contributed by atoms with Crippen LogP contribution < -0.4 is 5.32 Å². The Labute approximate surface area is 110 Å². The largest absolute Gasteiger partial charge is 0.463 e. The van der Waals surface area contributed by atoms with Crippen molar-refractivity contribution in [2.24, 2.45) is 0 Å². The second kappa shape index (κ2) is 6.92. The van der Waals surface area contributed by atoms with Gasteiger partial charge in [0.05, 0.1) is 13.1 Å². The number of furan rings is 1. The Kier molecular flexibility index (Phi) is 5.23. The van der Waals surface area contributed by atoms with Gasteiger partial charge in [-0.15, -0.1) is 0 Å². The molecule has 0 unspecified atom stereocenters. The first kappa shape index (κ1) is 13.6. The molecule has 1 saturated heterocycles. The second-order valence-electron chi connectivity index (χ2n) is 5.12. The Morgan fingerprint density at radius 2 is 1.89 bits per heavy atom. The van der Waals surface area contributed by atoms with Crippen molar-refractivity contribution in [3.63, 3.8) is 0 Å². The van der Waals surface area contributed by atoms with Gasteiger partial charge in [0.25, 0.3) is 0 Å². The molecule has 1 aromatic rings. The van der Waals surface area contributed by atoms with Crippen molar-refractivity contribution in [3.05, 3.63) is 23.7 Å². The minimum absolute atomic E-state index is 0.844. The second-order valence-corrected chi connectivity index (χ2v) is 5.12. The third-order valence-corrected chi connectivity index (χ3v) is 3.42. The standard InChI is InChI=1S/C14H25N3O/c1-3-6-15-11-13-4-5-14(18-13)12-17-9-7-16(2)8-10-17/h4-5,15H,3,6-12H2,1-2H3. The van der Waals surface area contributed by atoms with Crippen molar-refractivity contribution in [3.8, 4) is 0 Å². The summed E-state index contributed by atoms with van der Waals surface area (Å²) in [6.45, 7) is 9.61. The molecule has 0 radical (unpaired) electrons. The summed E-state index contributed by atoms with van der Waals surface area (Å²) in [5.41, 5.74) is 0. The highest BCUT2D eigenvalue weighted by Gasteiger charge is 2.15. The van der Waals surface area contributed by atoms with Crippen LogP contribution in [0.5, 0.6) is 0 Å². The molecule has 0 spiro atoms. The van der Waals surface area contributed by atoms with Crippen molar-refractivity contribution < 1.29 is 4.42 Å². The third-order valence-electron chi connectivity index (χ3n) is 3.42. The fraction of sp³-hybridized carbons (Fsp3) is 0.714. The van der Waals surface area contributed by atoms with Crippen LogP contribution in [0.4, 0.5) is 0 Å². The van der Waals surface area contributed by atoms with E-state index in [-0.39, 0.29) is 0 Å². The maximum absolute atomic E-state index is 5.84. The van der Waals surface area contributed by atoms with E-state index < -0.39 is 0 Å². The summed E-state index contributed by atoms with van der Waals surface area (Å²) in [7, 11) is 2.18. The zero-order chi connectivity index (χ0) is 12.8. The van der Waals surface area contributed by atoms with Gasteiger partial charge in [-0.05, 0) is 32.1 Å². The molecular weight excluding hydrogens is 226 g/mol. The van der Waals surface area contributed by atoms with E-state index in [1.165, 1.54) is 0 Å². The van der Waals surface area contributed by atoms with E-state index in [0.29, 0.717) is 0 Å². The molecule has 1 aliphatic rings. The Hall–Kier alpha value is -0.840. The molecule has 4 heteroatoms. The summed E-state index contributed by atoms with van der Waals surface area (Å²) in [5.74, 6) is 2.14. The minimum atomic E-state index is 0.844. The summed E-state index contributed by atoms with van der Waals surface area (Å²) in [4.78, 5) is 4.83. The monoisotopic (exact) mass is 251 g/mol. The van der Waals surface area contributed by atoms with Crippen LogP contribution in [0.25, 0.3) is 0 Å². The van der Waals surface area contributed by atoms with Crippen LogP contribution in [0.1, 0.15) is 24.9 Å². The zero-order valence-electron chi connectivity index (χ0n) is 11.6. The summed E-state index contributed by atoms with van der Waals surface area (Å²) < 4.78 is 5.84. The maximum Gasteiger partial charge on any atom is 0.118 e. The van der Waals surface area contributed by atoms with Crippen LogP contribution in [-0.2, 0) is 13.1 Å². The van der Waals surface area contributed by atoms with Crippen molar-refractivity contribution in [2.75, 3.05) is 39.8 Å². The lowest BCUT2D eigenvalue weighted by Crippen LogP contribution is -2.43. The van der Waals surface area contributed by atoms with Crippen LogP contribution in [0.15, 0.2) is 16.5 Å². The molecule has 1 aliphatic heterocycles. The Morgan fingerprint density at radius 3 is 2.61 bits per heavy atom. The SMILES string of the molecule is CCCNCc1ccc(CN2CCN(C)CC2)o1. The molecule has 18 heavy (non-hydrogen) atoms. The van der Waals surface area contributed by atoms with Crippen LogP contribution in [-0.4, -0.2) is 49.6 Å². The normalized spacial score (nSPS) is 18.3. The van der Waals surface area contributed by atoms with Crippen LogP contribution in [0, 0.1) is 0 Å². The Morgan fingerprint density at radius 1 is 1.17 bits per heavy atom. The first-order valence-electron chi connectivity index (χ1n) is 6.97. The van der Waals surface area contributed by atoms with Gasteiger partial charge in [-0.3, -0.25) is 4.90 Å². The van der Waals surface area contributed by atoms with Crippen LogP contribution >= 0.6 is 0 Å². The molecule has 1 aromatic heterocycles. The molecule has 102 valence electrons. The minimum Gasteiger partial charge on any atom is -0.463 e. The van der Waals surface area contributed by atoms with Gasteiger partial charge in [-0.1, -0.05) is 6.92 Å². The summed E-state index contributed by atoms with van der Waals surface area (Å²) in [6.07, 6.45) is 1.16. The first-order chi connectivity index (χ1) is 8.78. The van der Waals surface area contributed by atoms with E-state index in [1.807, 2.05) is 0 Å². The van der Waals surface area contributed by atoms with Crippen molar-refractivity contribution in [1.82, 2.24) is 15.1 Å². The number of piperazine rings is 1. The molecule has 2 rings (SSSR count). The van der Waals surface area contributed by atoms with E-state index >= 15 is 0 Å². The molecule has 2 heterocycles. The molecule has 0 aromatic carbocycles. The number of nitrogens with one attached hydrogen (secondary N) is 1. The maximum atomic E-state index is 5.84. The van der Waals surface area contributed by atoms with Crippen LogP contribution in [0.2, 0.25) is 0 Å².